The van der Waals surface area contributed by atoms with Gasteiger partial charge in [-0.05, 0) is 79.6 Å². The Labute approximate surface area is 217 Å². The van der Waals surface area contributed by atoms with E-state index in [0.29, 0.717) is 40.1 Å². The van der Waals surface area contributed by atoms with Crippen LogP contribution < -0.4 is 10.1 Å². The summed E-state index contributed by atoms with van der Waals surface area (Å²) in [6.45, 7) is 4.24. The number of hydrogen-bond donors (Lipinski definition) is 1. The van der Waals surface area contributed by atoms with E-state index in [1.54, 1.807) is 37.3 Å². The van der Waals surface area contributed by atoms with Crippen molar-refractivity contribution < 1.29 is 23.5 Å². The van der Waals surface area contributed by atoms with Crippen molar-refractivity contribution in [2.24, 2.45) is 0 Å². The van der Waals surface area contributed by atoms with Gasteiger partial charge in [0.25, 0.3) is 5.91 Å². The number of halogens is 2. The zero-order valence-corrected chi connectivity index (χ0v) is 21.4. The highest BCUT2D eigenvalue weighted by Crippen LogP contribution is 2.32. The number of anilines is 1. The number of hydrogen-bond acceptors (Lipinski definition) is 5. The Morgan fingerprint density at radius 3 is 2.47 bits per heavy atom. The van der Waals surface area contributed by atoms with Gasteiger partial charge >= 0.3 is 5.97 Å². The molecular formula is C28H24BrFN2O4. The van der Waals surface area contributed by atoms with Crippen molar-refractivity contribution in [3.63, 3.8) is 0 Å². The van der Waals surface area contributed by atoms with E-state index in [0.717, 1.165) is 11.1 Å². The molecule has 3 rings (SSSR count). The Balaban J connectivity index is 1.83. The quantitative estimate of drug-likeness (QED) is 0.192. The van der Waals surface area contributed by atoms with Gasteiger partial charge in [0.1, 0.15) is 23.2 Å². The molecule has 36 heavy (non-hydrogen) atoms. The summed E-state index contributed by atoms with van der Waals surface area (Å²) in [7, 11) is 0. The first-order chi connectivity index (χ1) is 17.3. The van der Waals surface area contributed by atoms with E-state index >= 15 is 0 Å². The van der Waals surface area contributed by atoms with Crippen molar-refractivity contribution in [1.82, 2.24) is 0 Å². The monoisotopic (exact) mass is 550 g/mol. The molecule has 0 aliphatic heterocycles. The standard InChI is InChI=1S/C28H24BrFN2O4/c1-3-35-26-16-19(15-25(29)24(26)14-18-6-5-7-22(30)13-18)12-21(17-31)27(33)32-23-10-8-20(9-11-23)28(34)36-4-2/h5-13,15-16H,3-4,14H2,1-2H3,(H,32,33)/b21-12+. The molecule has 1 amide bonds. The molecule has 0 aliphatic rings. The SMILES string of the molecule is CCOC(=O)c1ccc(NC(=O)/C(C#N)=C/c2cc(Br)c(Cc3cccc(F)c3)c(OCC)c2)cc1. The molecule has 0 aliphatic carbocycles. The smallest absolute Gasteiger partial charge is 0.338 e. The summed E-state index contributed by atoms with van der Waals surface area (Å²) in [5.41, 5.74) is 2.86. The summed E-state index contributed by atoms with van der Waals surface area (Å²) in [5, 5.41) is 12.3. The number of ether oxygens (including phenoxy) is 2. The number of rotatable bonds is 9. The Morgan fingerprint density at radius 1 is 1.08 bits per heavy atom. The van der Waals surface area contributed by atoms with Gasteiger partial charge in [-0.3, -0.25) is 4.79 Å². The molecule has 8 heteroatoms. The summed E-state index contributed by atoms with van der Waals surface area (Å²) in [4.78, 5) is 24.5. The van der Waals surface area contributed by atoms with Crippen LogP contribution in [-0.4, -0.2) is 25.1 Å². The lowest BCUT2D eigenvalue weighted by molar-refractivity contribution is -0.112. The van der Waals surface area contributed by atoms with Crippen LogP contribution in [0.5, 0.6) is 5.75 Å². The molecule has 0 unspecified atom stereocenters. The van der Waals surface area contributed by atoms with E-state index in [-0.39, 0.29) is 18.0 Å². The summed E-state index contributed by atoms with van der Waals surface area (Å²) in [6, 6.07) is 18.0. The van der Waals surface area contributed by atoms with Gasteiger partial charge in [-0.15, -0.1) is 0 Å². The maximum Gasteiger partial charge on any atom is 0.338 e. The molecule has 0 saturated heterocycles. The molecule has 184 valence electrons. The number of carbonyl (C=O) groups excluding carboxylic acids is 2. The van der Waals surface area contributed by atoms with Crippen LogP contribution in [0.4, 0.5) is 10.1 Å². The fraction of sp³-hybridized carbons (Fsp3) is 0.179. The number of nitrogens with one attached hydrogen (secondary N) is 1. The first-order valence-corrected chi connectivity index (χ1v) is 12.0. The lowest BCUT2D eigenvalue weighted by Crippen LogP contribution is -2.13. The number of carbonyl (C=O) groups is 2. The van der Waals surface area contributed by atoms with Crippen LogP contribution in [0.3, 0.4) is 0 Å². The molecule has 0 radical (unpaired) electrons. The summed E-state index contributed by atoms with van der Waals surface area (Å²) >= 11 is 3.55. The molecule has 0 fully saturated rings. The van der Waals surface area contributed by atoms with E-state index in [4.69, 9.17) is 9.47 Å². The predicted molar refractivity (Wildman–Crippen MR) is 139 cm³/mol. The van der Waals surface area contributed by atoms with Gasteiger partial charge in [0.05, 0.1) is 18.8 Å². The van der Waals surface area contributed by atoms with Gasteiger partial charge in [-0.2, -0.15) is 5.26 Å². The van der Waals surface area contributed by atoms with Crippen LogP contribution in [0.15, 0.2) is 70.7 Å². The van der Waals surface area contributed by atoms with Crippen LogP contribution >= 0.6 is 15.9 Å². The number of benzene rings is 3. The summed E-state index contributed by atoms with van der Waals surface area (Å²) in [6.07, 6.45) is 1.90. The number of amides is 1. The third-order valence-electron chi connectivity index (χ3n) is 5.08. The molecule has 6 nitrogen and oxygen atoms in total. The van der Waals surface area contributed by atoms with E-state index in [1.165, 1.54) is 30.3 Å². The highest BCUT2D eigenvalue weighted by Gasteiger charge is 2.15. The normalized spacial score (nSPS) is 10.9. The molecule has 1 N–H and O–H groups in total. The van der Waals surface area contributed by atoms with E-state index in [9.17, 15) is 19.2 Å². The van der Waals surface area contributed by atoms with Gasteiger partial charge in [-0.25, -0.2) is 9.18 Å². The Bertz CT molecular complexity index is 1330. The second-order valence-electron chi connectivity index (χ2n) is 7.64. The highest BCUT2D eigenvalue weighted by molar-refractivity contribution is 9.10. The molecule has 3 aromatic rings. The van der Waals surface area contributed by atoms with Gasteiger partial charge in [-0.1, -0.05) is 28.1 Å². The third kappa shape index (κ3) is 7.03. The largest absolute Gasteiger partial charge is 0.494 e. The number of nitriles is 1. The summed E-state index contributed by atoms with van der Waals surface area (Å²) in [5.74, 6) is -0.806. The average Bonchev–Trinajstić information content (AvgIpc) is 2.85. The van der Waals surface area contributed by atoms with Crippen molar-refractivity contribution >= 4 is 39.6 Å². The first-order valence-electron chi connectivity index (χ1n) is 11.2. The second kappa shape index (κ2) is 12.7. The Hall–Kier alpha value is -3.96. The van der Waals surface area contributed by atoms with Gasteiger partial charge in [0, 0.05) is 22.1 Å². The van der Waals surface area contributed by atoms with Crippen molar-refractivity contribution in [2.45, 2.75) is 20.3 Å². The van der Waals surface area contributed by atoms with Gasteiger partial charge in [0.2, 0.25) is 0 Å². The van der Waals surface area contributed by atoms with Crippen LogP contribution in [-0.2, 0) is 16.0 Å². The maximum atomic E-state index is 13.6. The lowest BCUT2D eigenvalue weighted by atomic mass is 10.0. The topological polar surface area (TPSA) is 88.4 Å². The summed E-state index contributed by atoms with van der Waals surface area (Å²) < 4.78 is 25.1. The molecule has 0 spiro atoms. The minimum Gasteiger partial charge on any atom is -0.494 e. The fourth-order valence-corrected chi connectivity index (χ4v) is 4.04. The van der Waals surface area contributed by atoms with Crippen molar-refractivity contribution in [2.75, 3.05) is 18.5 Å². The Kier molecular flexibility index (Phi) is 9.37. The third-order valence-corrected chi connectivity index (χ3v) is 5.78. The molecule has 0 atom stereocenters. The van der Waals surface area contributed by atoms with Crippen LogP contribution in [0, 0.1) is 17.1 Å². The number of esters is 1. The van der Waals surface area contributed by atoms with Crippen molar-refractivity contribution in [3.05, 3.63) is 98.8 Å². The fourth-order valence-electron chi connectivity index (χ4n) is 3.44. The zero-order chi connectivity index (χ0) is 26.1. The minimum atomic E-state index is -0.598. The molecular weight excluding hydrogens is 527 g/mol. The Morgan fingerprint density at radius 2 is 1.83 bits per heavy atom. The van der Waals surface area contributed by atoms with Crippen LogP contribution in [0.2, 0.25) is 0 Å². The van der Waals surface area contributed by atoms with E-state index in [1.807, 2.05) is 19.1 Å². The van der Waals surface area contributed by atoms with E-state index < -0.39 is 11.9 Å². The van der Waals surface area contributed by atoms with Gasteiger partial charge < -0.3 is 14.8 Å². The molecule has 0 heterocycles. The average molecular weight is 551 g/mol. The number of nitrogens with zero attached hydrogens (tertiary/aromatic N) is 1. The second-order valence-corrected chi connectivity index (χ2v) is 8.50. The highest BCUT2D eigenvalue weighted by atomic mass is 79.9. The molecule has 0 aromatic heterocycles. The molecule has 0 saturated carbocycles. The van der Waals surface area contributed by atoms with E-state index in [2.05, 4.69) is 21.2 Å². The predicted octanol–water partition coefficient (Wildman–Crippen LogP) is 6.30. The van der Waals surface area contributed by atoms with Crippen molar-refractivity contribution in [3.8, 4) is 11.8 Å². The minimum absolute atomic E-state index is 0.114. The van der Waals surface area contributed by atoms with Crippen LogP contribution in [0.1, 0.15) is 40.9 Å². The molecule has 3 aromatic carbocycles. The van der Waals surface area contributed by atoms with Crippen molar-refractivity contribution in [1.29, 1.82) is 5.26 Å². The first kappa shape index (κ1) is 26.6. The van der Waals surface area contributed by atoms with Crippen LogP contribution in [0.25, 0.3) is 6.08 Å². The maximum absolute atomic E-state index is 13.6. The van der Waals surface area contributed by atoms with Gasteiger partial charge in [0.15, 0.2) is 0 Å². The zero-order valence-electron chi connectivity index (χ0n) is 19.8. The molecule has 0 bridgehead atoms. The lowest BCUT2D eigenvalue weighted by Gasteiger charge is -2.14.